The molecule has 6 heteroatoms. The van der Waals surface area contributed by atoms with Crippen LogP contribution in [0.2, 0.25) is 0 Å². The van der Waals surface area contributed by atoms with Gasteiger partial charge in [0.05, 0.1) is 0 Å². The van der Waals surface area contributed by atoms with Crippen molar-refractivity contribution < 1.29 is 71.9 Å². The van der Waals surface area contributed by atoms with Crippen LogP contribution in [-0.2, 0) is 47.1 Å². The fourth-order valence-electron chi connectivity index (χ4n) is 4.04. The van der Waals surface area contributed by atoms with Gasteiger partial charge in [-0.1, -0.05) is 56.4 Å². The van der Waals surface area contributed by atoms with Crippen LogP contribution in [0.15, 0.2) is 80.5 Å². The molecule has 0 atom stereocenters. The summed E-state index contributed by atoms with van der Waals surface area (Å²) in [5, 5.41) is 0. The first-order valence-corrected chi connectivity index (χ1v) is 17.5. The van der Waals surface area contributed by atoms with E-state index in [1.807, 2.05) is 12.2 Å². The van der Waals surface area contributed by atoms with Gasteiger partial charge in [-0.3, -0.25) is 12.2 Å². The van der Waals surface area contributed by atoms with Gasteiger partial charge in [-0.05, 0) is 62.8 Å². The maximum absolute atomic E-state index is 4.93. The van der Waals surface area contributed by atoms with Crippen molar-refractivity contribution in [3.8, 4) is 0 Å². The van der Waals surface area contributed by atoms with Crippen molar-refractivity contribution in [2.45, 2.75) is 81.6 Å². The SMILES string of the molecule is CC1=CCC(C2=C(C)C(C)=CC2)=C1C.CC1=[C-]C(C)(C)C(C)=C1C.[C-]1=CC=CC1.[CH3-].[Cl-].[Cl-].[Cl][Zr+2][Cl].[Zr+3]. The molecule has 0 saturated heterocycles. The molecule has 0 aliphatic heterocycles. The molecule has 4 rings (SSSR count). The standard InChI is InChI=1S/C14H18.C10H15.C5H5.CH3.4ClH.2Zr/c1-9-5-7-13(11(9)3)14-8-6-10(2)12(14)4;1-7-6-10(4,5)9(3)8(7)2;1-2-4-5-3-1;;;;;;;/h5-6H,7-8H2,1-4H3;1-5H3;1-3H,4H2;1H3;4*1H;;/q;3*-1;;;;;+3;+4/p-4. The Kier molecular flexibility index (Phi) is 26.4. The van der Waals surface area contributed by atoms with E-state index in [4.69, 9.17) is 17.0 Å². The van der Waals surface area contributed by atoms with E-state index in [0.717, 1.165) is 19.3 Å². The monoisotopic (exact) mass is 721 g/mol. The maximum atomic E-state index is 4.93. The maximum Gasteiger partial charge on any atom is 3.00 e. The zero-order valence-corrected chi connectivity index (χ0v) is 31.5. The summed E-state index contributed by atoms with van der Waals surface area (Å²) < 4.78 is 0. The zero-order valence-electron chi connectivity index (χ0n) is 23.5. The van der Waals surface area contributed by atoms with Crippen LogP contribution in [0.4, 0.5) is 0 Å². The van der Waals surface area contributed by atoms with Gasteiger partial charge in [-0.2, -0.15) is 17.2 Å². The van der Waals surface area contributed by atoms with Crippen molar-refractivity contribution in [2.75, 3.05) is 0 Å². The first kappa shape index (κ1) is 43.9. The fourth-order valence-corrected chi connectivity index (χ4v) is 4.04. The minimum Gasteiger partial charge on any atom is 3.00 e. The third-order valence-corrected chi connectivity index (χ3v) is 6.83. The van der Waals surface area contributed by atoms with Gasteiger partial charge in [0.15, 0.2) is 0 Å². The summed E-state index contributed by atoms with van der Waals surface area (Å²) in [4.78, 5) is 0. The molecule has 0 aromatic heterocycles. The summed E-state index contributed by atoms with van der Waals surface area (Å²) >= 11 is -0.826. The van der Waals surface area contributed by atoms with E-state index < -0.39 is 20.8 Å². The molecule has 0 nitrogen and oxygen atoms in total. The topological polar surface area (TPSA) is 0 Å². The fraction of sp³-hybridized carbons (Fsp3) is 0.433. The van der Waals surface area contributed by atoms with Gasteiger partial charge in [0, 0.05) is 0 Å². The molecular formula is C30H41Cl4Zr2. The summed E-state index contributed by atoms with van der Waals surface area (Å²) in [5.74, 6) is 0. The van der Waals surface area contributed by atoms with E-state index in [2.05, 4.69) is 92.7 Å². The number of halogens is 4. The van der Waals surface area contributed by atoms with Crippen molar-refractivity contribution in [2.24, 2.45) is 5.41 Å². The van der Waals surface area contributed by atoms with E-state index in [-0.39, 0.29) is 63.9 Å². The van der Waals surface area contributed by atoms with E-state index in [1.54, 1.807) is 11.1 Å². The van der Waals surface area contributed by atoms with Gasteiger partial charge in [-0.15, -0.1) is 13.3 Å². The Morgan fingerprint density at radius 1 is 0.806 bits per heavy atom. The number of rotatable bonds is 1. The largest absolute Gasteiger partial charge is 3.00 e. The third kappa shape index (κ3) is 13.3. The molecule has 4 aliphatic carbocycles. The van der Waals surface area contributed by atoms with Gasteiger partial charge >= 0.3 is 64.1 Å². The Morgan fingerprint density at radius 2 is 1.22 bits per heavy atom. The molecule has 0 bridgehead atoms. The molecule has 1 radical (unpaired) electrons. The van der Waals surface area contributed by atoms with Crippen molar-refractivity contribution in [3.05, 3.63) is 100 Å². The van der Waals surface area contributed by atoms with Crippen LogP contribution in [-0.4, -0.2) is 0 Å². The third-order valence-electron chi connectivity index (χ3n) is 6.83. The van der Waals surface area contributed by atoms with Crippen LogP contribution < -0.4 is 24.8 Å². The van der Waals surface area contributed by atoms with Crippen molar-refractivity contribution in [3.63, 3.8) is 0 Å². The van der Waals surface area contributed by atoms with Gasteiger partial charge < -0.3 is 32.2 Å². The molecule has 197 valence electrons. The number of allylic oxidation sites excluding steroid dienone is 16. The quantitative estimate of drug-likeness (QED) is 0.348. The van der Waals surface area contributed by atoms with Gasteiger partial charge in [0.25, 0.3) is 0 Å². The van der Waals surface area contributed by atoms with Crippen LogP contribution >= 0.6 is 17.0 Å². The molecule has 0 saturated carbocycles. The average Bonchev–Trinajstić information content (AvgIpc) is 3.51. The summed E-state index contributed by atoms with van der Waals surface area (Å²) in [6.07, 6.45) is 20.4. The second kappa shape index (κ2) is 21.6. The number of hydrogen-bond acceptors (Lipinski definition) is 0. The van der Waals surface area contributed by atoms with E-state index in [1.165, 1.54) is 39.0 Å². The summed E-state index contributed by atoms with van der Waals surface area (Å²) in [7, 11) is 9.87. The van der Waals surface area contributed by atoms with Gasteiger partial charge in [0.1, 0.15) is 0 Å². The Labute approximate surface area is 273 Å². The zero-order chi connectivity index (χ0) is 24.5. The molecular weight excluding hydrogens is 685 g/mol. The Hall–Kier alpha value is 0.846. The van der Waals surface area contributed by atoms with Crippen molar-refractivity contribution >= 4 is 17.0 Å². The van der Waals surface area contributed by atoms with Crippen LogP contribution in [0.3, 0.4) is 0 Å². The molecule has 0 amide bonds. The van der Waals surface area contributed by atoms with E-state index >= 15 is 0 Å². The molecule has 0 heterocycles. The first-order chi connectivity index (χ1) is 15.0. The van der Waals surface area contributed by atoms with E-state index in [0.29, 0.717) is 0 Å². The summed E-state index contributed by atoms with van der Waals surface area (Å²) in [6, 6.07) is 0. The summed E-state index contributed by atoms with van der Waals surface area (Å²) in [6.45, 7) is 19.9. The van der Waals surface area contributed by atoms with Crippen LogP contribution in [0.1, 0.15) is 81.6 Å². The Balaban J connectivity index is -0.000000206. The predicted molar refractivity (Wildman–Crippen MR) is 146 cm³/mol. The molecule has 0 N–H and O–H groups in total. The van der Waals surface area contributed by atoms with Crippen molar-refractivity contribution in [1.82, 2.24) is 0 Å². The van der Waals surface area contributed by atoms with Gasteiger partial charge in [-0.25, -0.2) is 17.7 Å². The Morgan fingerprint density at radius 3 is 1.36 bits per heavy atom. The first-order valence-electron chi connectivity index (χ1n) is 11.2. The predicted octanol–water partition coefficient (Wildman–Crippen LogP) is 4.57. The second-order valence-corrected chi connectivity index (χ2v) is 12.8. The summed E-state index contributed by atoms with van der Waals surface area (Å²) in [5.41, 5.74) is 13.5. The average molecular weight is 726 g/mol. The molecule has 0 aromatic carbocycles. The van der Waals surface area contributed by atoms with E-state index in [9.17, 15) is 0 Å². The van der Waals surface area contributed by atoms with Crippen LogP contribution in [0.5, 0.6) is 0 Å². The minimum atomic E-state index is -0.826. The van der Waals surface area contributed by atoms with Crippen LogP contribution in [0.25, 0.3) is 0 Å². The molecule has 0 spiro atoms. The molecule has 0 fully saturated rings. The molecule has 36 heavy (non-hydrogen) atoms. The van der Waals surface area contributed by atoms with Gasteiger partial charge in [0.2, 0.25) is 0 Å². The normalized spacial score (nSPS) is 17.8. The minimum absolute atomic E-state index is 0. The second-order valence-electron chi connectivity index (χ2n) is 9.09. The molecule has 0 aromatic rings. The number of hydrogen-bond donors (Lipinski definition) is 0. The molecule has 4 aliphatic rings. The molecule has 0 unspecified atom stereocenters. The van der Waals surface area contributed by atoms with Crippen molar-refractivity contribution in [1.29, 1.82) is 0 Å². The smallest absolute Gasteiger partial charge is 3.00 e. The Bertz CT molecular complexity index is 890. The van der Waals surface area contributed by atoms with Crippen LogP contribution in [0, 0.1) is 25.0 Å².